The number of rotatable bonds is 9. The molecular formula is C20H22ClF3N2O3S. The van der Waals surface area contributed by atoms with E-state index in [1.165, 1.54) is 24.3 Å². The monoisotopic (exact) mass is 462 g/mol. The van der Waals surface area contributed by atoms with Crippen LogP contribution in [-0.2, 0) is 21.0 Å². The fraction of sp³-hybridized carbons (Fsp3) is 0.350. The van der Waals surface area contributed by atoms with Crippen LogP contribution in [0.1, 0.15) is 31.7 Å². The molecule has 5 nitrogen and oxygen atoms in total. The van der Waals surface area contributed by atoms with Crippen molar-refractivity contribution in [3.05, 3.63) is 59.1 Å². The van der Waals surface area contributed by atoms with E-state index in [1.807, 2.05) is 6.92 Å². The predicted molar refractivity (Wildman–Crippen MR) is 110 cm³/mol. The molecule has 0 aromatic heterocycles. The molecule has 0 spiro atoms. The van der Waals surface area contributed by atoms with Crippen molar-refractivity contribution in [3.63, 3.8) is 0 Å². The molecule has 0 bridgehead atoms. The molecule has 0 aliphatic carbocycles. The van der Waals surface area contributed by atoms with Crippen LogP contribution in [0.15, 0.2) is 53.4 Å². The highest BCUT2D eigenvalue weighted by atomic mass is 35.5. The lowest BCUT2D eigenvalue weighted by atomic mass is 10.2. The van der Waals surface area contributed by atoms with E-state index in [2.05, 4.69) is 5.32 Å². The normalized spacial score (nSPS) is 11.9. The molecule has 0 heterocycles. The van der Waals surface area contributed by atoms with Gasteiger partial charge in [-0.15, -0.1) is 0 Å². The van der Waals surface area contributed by atoms with Crippen molar-refractivity contribution in [3.8, 4) is 0 Å². The zero-order chi connectivity index (χ0) is 22.4. The zero-order valence-corrected chi connectivity index (χ0v) is 17.8. The van der Waals surface area contributed by atoms with Crippen LogP contribution in [0.5, 0.6) is 0 Å². The van der Waals surface area contributed by atoms with Crippen molar-refractivity contribution in [1.29, 1.82) is 0 Å². The molecular weight excluding hydrogens is 441 g/mol. The number of anilines is 1. The van der Waals surface area contributed by atoms with E-state index in [-0.39, 0.29) is 10.6 Å². The molecule has 0 aliphatic rings. The summed E-state index contributed by atoms with van der Waals surface area (Å²) in [5.74, 6) is -0.617. The average Bonchev–Trinajstić information content (AvgIpc) is 2.70. The number of amides is 1. The Balaban J connectivity index is 2.43. The lowest BCUT2D eigenvalue weighted by Gasteiger charge is -2.25. The van der Waals surface area contributed by atoms with Gasteiger partial charge in [0, 0.05) is 6.54 Å². The molecule has 1 amide bonds. The van der Waals surface area contributed by atoms with Gasteiger partial charge in [-0.05, 0) is 36.8 Å². The van der Waals surface area contributed by atoms with Crippen molar-refractivity contribution >= 4 is 33.2 Å². The molecule has 2 rings (SSSR count). The molecule has 0 fully saturated rings. The van der Waals surface area contributed by atoms with Gasteiger partial charge in [0.1, 0.15) is 6.54 Å². The van der Waals surface area contributed by atoms with E-state index in [0.29, 0.717) is 23.3 Å². The minimum atomic E-state index is -4.78. The highest BCUT2D eigenvalue weighted by Gasteiger charge is 2.35. The van der Waals surface area contributed by atoms with E-state index in [9.17, 15) is 26.4 Å². The molecule has 10 heteroatoms. The summed E-state index contributed by atoms with van der Waals surface area (Å²) in [5, 5.41) is 2.04. The van der Waals surface area contributed by atoms with Gasteiger partial charge in [0.25, 0.3) is 10.0 Å². The van der Waals surface area contributed by atoms with Gasteiger partial charge in [0.2, 0.25) is 5.91 Å². The van der Waals surface area contributed by atoms with E-state index in [0.717, 1.165) is 25.0 Å². The molecule has 2 aromatic carbocycles. The lowest BCUT2D eigenvalue weighted by molar-refractivity contribution is -0.137. The topological polar surface area (TPSA) is 66.5 Å². The Hall–Kier alpha value is -2.26. The van der Waals surface area contributed by atoms with Crippen LogP contribution in [0.2, 0.25) is 5.02 Å². The number of sulfonamides is 1. The van der Waals surface area contributed by atoms with Crippen molar-refractivity contribution in [2.45, 2.75) is 37.3 Å². The molecule has 0 aliphatic heterocycles. The fourth-order valence-corrected chi connectivity index (χ4v) is 4.37. The van der Waals surface area contributed by atoms with Crippen LogP contribution < -0.4 is 9.62 Å². The van der Waals surface area contributed by atoms with Gasteiger partial charge in [0.05, 0.1) is 21.2 Å². The van der Waals surface area contributed by atoms with E-state index in [1.54, 1.807) is 6.07 Å². The van der Waals surface area contributed by atoms with Gasteiger partial charge >= 0.3 is 6.18 Å². The second-order valence-electron chi connectivity index (χ2n) is 6.54. The molecule has 0 atom stereocenters. The van der Waals surface area contributed by atoms with Crippen LogP contribution in [0.4, 0.5) is 18.9 Å². The Morgan fingerprint density at radius 1 is 1.10 bits per heavy atom. The summed E-state index contributed by atoms with van der Waals surface area (Å²) in [5.41, 5.74) is -1.49. The highest BCUT2D eigenvalue weighted by Crippen LogP contribution is 2.37. The molecule has 0 saturated carbocycles. The number of benzene rings is 2. The van der Waals surface area contributed by atoms with Crippen molar-refractivity contribution in [2.75, 3.05) is 17.4 Å². The minimum absolute atomic E-state index is 0.146. The summed E-state index contributed by atoms with van der Waals surface area (Å²) in [6.45, 7) is 1.68. The molecule has 164 valence electrons. The first kappa shape index (κ1) is 24.0. The van der Waals surface area contributed by atoms with Gasteiger partial charge < -0.3 is 5.32 Å². The summed E-state index contributed by atoms with van der Waals surface area (Å²) in [4.78, 5) is 12.2. The predicted octanol–water partition coefficient (Wildman–Crippen LogP) is 4.86. The van der Waals surface area contributed by atoms with Crippen LogP contribution in [-0.4, -0.2) is 27.4 Å². The van der Waals surface area contributed by atoms with Gasteiger partial charge in [-0.1, -0.05) is 49.6 Å². The number of carbonyl (C=O) groups is 1. The summed E-state index contributed by atoms with van der Waals surface area (Å²) < 4.78 is 66.7. The van der Waals surface area contributed by atoms with Crippen LogP contribution in [0.3, 0.4) is 0 Å². The molecule has 1 N–H and O–H groups in total. The highest BCUT2D eigenvalue weighted by molar-refractivity contribution is 7.92. The second-order valence-corrected chi connectivity index (χ2v) is 8.81. The molecule has 30 heavy (non-hydrogen) atoms. The summed E-state index contributed by atoms with van der Waals surface area (Å²) in [6.07, 6.45) is -2.24. The maximum atomic E-state index is 13.3. The van der Waals surface area contributed by atoms with Crippen molar-refractivity contribution < 1.29 is 26.4 Å². The number of nitrogens with zero attached hydrogens (tertiary/aromatic N) is 1. The molecule has 0 radical (unpaired) electrons. The Morgan fingerprint density at radius 3 is 2.37 bits per heavy atom. The zero-order valence-electron chi connectivity index (χ0n) is 16.2. The third-order valence-electron chi connectivity index (χ3n) is 4.26. The van der Waals surface area contributed by atoms with Crippen LogP contribution >= 0.6 is 11.6 Å². The standard InChI is InChI=1S/C20H22ClF3N2O3S/c1-2-3-7-12-25-19(27)14-26(30(28,29)16-8-5-4-6-9-16)15-10-11-18(21)17(13-15)20(22,23)24/h4-6,8-11,13H,2-3,7,12,14H2,1H3,(H,25,27). The van der Waals surface area contributed by atoms with Crippen LogP contribution in [0.25, 0.3) is 0 Å². The van der Waals surface area contributed by atoms with E-state index >= 15 is 0 Å². The number of hydrogen-bond acceptors (Lipinski definition) is 3. The molecule has 2 aromatic rings. The molecule has 0 saturated heterocycles. The van der Waals surface area contributed by atoms with Crippen molar-refractivity contribution in [2.24, 2.45) is 0 Å². The average molecular weight is 463 g/mol. The van der Waals surface area contributed by atoms with Gasteiger partial charge in [-0.2, -0.15) is 13.2 Å². The second kappa shape index (κ2) is 10.2. The van der Waals surface area contributed by atoms with Gasteiger partial charge in [-0.25, -0.2) is 8.42 Å². The van der Waals surface area contributed by atoms with Gasteiger partial charge in [0.15, 0.2) is 0 Å². The Labute approximate surface area is 178 Å². The number of nitrogens with one attached hydrogen (secondary N) is 1. The quantitative estimate of drug-likeness (QED) is 0.541. The maximum absolute atomic E-state index is 13.3. The first-order valence-corrected chi connectivity index (χ1v) is 11.1. The van der Waals surface area contributed by atoms with Crippen LogP contribution in [0, 0.1) is 0 Å². The Bertz CT molecular complexity index is 967. The maximum Gasteiger partial charge on any atom is 0.417 e. The number of hydrogen-bond donors (Lipinski definition) is 1. The lowest BCUT2D eigenvalue weighted by Crippen LogP contribution is -2.41. The smallest absolute Gasteiger partial charge is 0.355 e. The number of halogens is 4. The van der Waals surface area contributed by atoms with E-state index in [4.69, 9.17) is 11.6 Å². The largest absolute Gasteiger partial charge is 0.417 e. The number of carbonyl (C=O) groups excluding carboxylic acids is 1. The SMILES string of the molecule is CCCCCNC(=O)CN(c1ccc(Cl)c(C(F)(F)F)c1)S(=O)(=O)c1ccccc1. The van der Waals surface area contributed by atoms with Gasteiger partial charge in [-0.3, -0.25) is 9.10 Å². The Morgan fingerprint density at radius 2 is 1.77 bits per heavy atom. The number of unbranched alkanes of at least 4 members (excludes halogenated alkanes) is 2. The summed E-state index contributed by atoms with van der Waals surface area (Å²) in [7, 11) is -4.30. The number of alkyl halides is 3. The third kappa shape index (κ3) is 6.12. The fourth-order valence-electron chi connectivity index (χ4n) is 2.71. The third-order valence-corrected chi connectivity index (χ3v) is 6.38. The first-order chi connectivity index (χ1) is 14.1. The summed E-state index contributed by atoms with van der Waals surface area (Å²) in [6, 6.07) is 9.93. The minimum Gasteiger partial charge on any atom is -0.355 e. The van der Waals surface area contributed by atoms with Crippen molar-refractivity contribution in [1.82, 2.24) is 5.32 Å². The Kier molecular flexibility index (Phi) is 8.14. The van der Waals surface area contributed by atoms with E-state index < -0.39 is 39.2 Å². The summed E-state index contributed by atoms with van der Waals surface area (Å²) >= 11 is 5.65. The first-order valence-electron chi connectivity index (χ1n) is 9.28. The molecule has 0 unspecified atom stereocenters.